The molecule has 0 aliphatic heterocycles. The fraction of sp³-hybridized carbons (Fsp3) is 0. The van der Waals surface area contributed by atoms with Crippen LogP contribution in [0, 0.1) is 0 Å². The second kappa shape index (κ2) is 6.30. The van der Waals surface area contributed by atoms with Gasteiger partial charge in [-0.1, -0.05) is 48.5 Å². The molecule has 0 fully saturated rings. The summed E-state index contributed by atoms with van der Waals surface area (Å²) in [6, 6.07) is 35.9. The van der Waals surface area contributed by atoms with Gasteiger partial charge in [0.05, 0.1) is 33.1 Å². The monoisotopic (exact) mass is 487 g/mol. The van der Waals surface area contributed by atoms with Crippen molar-refractivity contribution in [2.75, 3.05) is 0 Å². The zero-order valence-corrected chi connectivity index (χ0v) is 20.0. The minimum atomic E-state index is 0.880. The predicted octanol–water partition coefficient (Wildman–Crippen LogP) is 7.70. The van der Waals surface area contributed by atoms with E-state index >= 15 is 0 Å². The van der Waals surface area contributed by atoms with Crippen LogP contribution in [0.2, 0.25) is 0 Å². The predicted molar refractivity (Wildman–Crippen MR) is 151 cm³/mol. The standard InChI is InChI=1S/C32H17N5O/c1-6-12-28-20(7-1)21-15-18(13-14-29(21)38-28)19-16-26-30-27(17-19)36-25-11-5-3-9-23(25)34-32(36)37(30)31-33-22-8-2-4-10-24(22)35(26)31/h1-17H. The van der Waals surface area contributed by atoms with E-state index in [2.05, 4.69) is 92.1 Å². The van der Waals surface area contributed by atoms with Crippen LogP contribution in [-0.2, 0) is 0 Å². The van der Waals surface area contributed by atoms with Gasteiger partial charge in [-0.3, -0.25) is 8.80 Å². The normalized spacial score (nSPS) is 12.7. The van der Waals surface area contributed by atoms with E-state index in [1.165, 1.54) is 0 Å². The van der Waals surface area contributed by atoms with Gasteiger partial charge in [0.2, 0.25) is 11.6 Å². The van der Waals surface area contributed by atoms with Crippen molar-refractivity contribution in [1.82, 2.24) is 23.2 Å². The lowest BCUT2D eigenvalue weighted by Crippen LogP contribution is -1.88. The Morgan fingerprint density at radius 3 is 1.79 bits per heavy atom. The maximum Gasteiger partial charge on any atom is 0.223 e. The van der Waals surface area contributed by atoms with Crippen molar-refractivity contribution in [3.63, 3.8) is 0 Å². The molecule has 38 heavy (non-hydrogen) atoms. The van der Waals surface area contributed by atoms with Crippen molar-refractivity contribution in [2.24, 2.45) is 0 Å². The fourth-order valence-corrected chi connectivity index (χ4v) is 6.34. The highest BCUT2D eigenvalue weighted by molar-refractivity contribution is 6.08. The van der Waals surface area contributed by atoms with Crippen LogP contribution in [0.1, 0.15) is 0 Å². The first-order valence-corrected chi connectivity index (χ1v) is 12.7. The molecule has 0 N–H and O–H groups in total. The number of nitrogens with zero attached hydrogens (tertiary/aromatic N) is 5. The summed E-state index contributed by atoms with van der Waals surface area (Å²) in [5, 5.41) is 2.26. The van der Waals surface area contributed by atoms with Crippen LogP contribution >= 0.6 is 0 Å². The summed E-state index contributed by atoms with van der Waals surface area (Å²) in [5.41, 5.74) is 11.6. The van der Waals surface area contributed by atoms with Crippen LogP contribution in [0.25, 0.3) is 83.2 Å². The molecule has 5 aromatic heterocycles. The summed E-state index contributed by atoms with van der Waals surface area (Å²) in [7, 11) is 0. The molecule has 0 saturated carbocycles. The van der Waals surface area contributed by atoms with E-state index in [9.17, 15) is 0 Å². The maximum atomic E-state index is 6.11. The number of imidazole rings is 4. The van der Waals surface area contributed by atoms with Gasteiger partial charge in [0.1, 0.15) is 16.7 Å². The topological polar surface area (TPSA) is 52.2 Å². The SMILES string of the molecule is c1ccc2c(c1)nc1n2c2cc(-c3ccc4oc5ccccc5c4c3)cc3c2n1c1nc2ccccc2n31. The number of aromatic nitrogens is 5. The zero-order valence-electron chi connectivity index (χ0n) is 20.0. The number of rotatable bonds is 1. The Morgan fingerprint density at radius 1 is 0.474 bits per heavy atom. The van der Waals surface area contributed by atoms with E-state index < -0.39 is 0 Å². The summed E-state index contributed by atoms with van der Waals surface area (Å²) < 4.78 is 12.9. The average Bonchev–Trinajstić information content (AvgIpc) is 3.74. The van der Waals surface area contributed by atoms with Crippen LogP contribution in [0.5, 0.6) is 0 Å². The van der Waals surface area contributed by atoms with Crippen LogP contribution in [-0.4, -0.2) is 23.2 Å². The van der Waals surface area contributed by atoms with Gasteiger partial charge in [-0.15, -0.1) is 0 Å². The maximum absolute atomic E-state index is 6.11. The molecule has 0 spiro atoms. The van der Waals surface area contributed by atoms with E-state index in [-0.39, 0.29) is 0 Å². The van der Waals surface area contributed by atoms with Gasteiger partial charge in [0.15, 0.2) is 0 Å². The van der Waals surface area contributed by atoms with Gasteiger partial charge in [-0.25, -0.2) is 14.4 Å². The Labute approximate surface area is 213 Å². The number of furan rings is 1. The summed E-state index contributed by atoms with van der Waals surface area (Å²) in [6.45, 7) is 0. The van der Waals surface area contributed by atoms with Crippen molar-refractivity contribution in [2.45, 2.75) is 0 Å². The average molecular weight is 488 g/mol. The van der Waals surface area contributed by atoms with Crippen LogP contribution < -0.4 is 0 Å². The highest BCUT2D eigenvalue weighted by atomic mass is 16.3. The van der Waals surface area contributed by atoms with E-state index in [1.807, 2.05) is 24.3 Å². The first-order valence-electron chi connectivity index (χ1n) is 12.7. The molecule has 5 aromatic carbocycles. The molecule has 10 rings (SSSR count). The minimum Gasteiger partial charge on any atom is -0.456 e. The highest BCUT2D eigenvalue weighted by Gasteiger charge is 2.24. The third-order valence-electron chi connectivity index (χ3n) is 7.97. The fourth-order valence-electron chi connectivity index (χ4n) is 6.34. The molecule has 0 amide bonds. The first-order chi connectivity index (χ1) is 18.8. The van der Waals surface area contributed by atoms with Gasteiger partial charge in [-0.2, -0.15) is 0 Å². The number of hydrogen-bond acceptors (Lipinski definition) is 3. The van der Waals surface area contributed by atoms with Gasteiger partial charge < -0.3 is 4.42 Å². The lowest BCUT2D eigenvalue weighted by atomic mass is 10.0. The molecule has 176 valence electrons. The Hall–Kier alpha value is -5.36. The van der Waals surface area contributed by atoms with E-state index in [1.54, 1.807) is 0 Å². The molecule has 0 unspecified atom stereocenters. The Bertz CT molecular complexity index is 2460. The molecular formula is C32H17N5O. The molecular weight excluding hydrogens is 470 g/mol. The molecule has 6 heteroatoms. The number of hydrogen-bond donors (Lipinski definition) is 0. The Kier molecular flexibility index (Phi) is 3.13. The minimum absolute atomic E-state index is 0.880. The third-order valence-corrected chi connectivity index (χ3v) is 7.97. The number of para-hydroxylation sites is 5. The van der Waals surface area contributed by atoms with Crippen LogP contribution in [0.15, 0.2) is 108 Å². The van der Waals surface area contributed by atoms with Crippen molar-refractivity contribution < 1.29 is 4.42 Å². The molecule has 0 radical (unpaired) electrons. The van der Waals surface area contributed by atoms with Gasteiger partial charge in [-0.05, 0) is 65.7 Å². The number of fused-ring (bicyclic) bond motifs is 13. The van der Waals surface area contributed by atoms with Crippen LogP contribution in [0.4, 0.5) is 0 Å². The summed E-state index contributed by atoms with van der Waals surface area (Å²) in [4.78, 5) is 10.1. The first kappa shape index (κ1) is 18.8. The molecule has 0 saturated heterocycles. The third kappa shape index (κ3) is 2.12. The second-order valence-electron chi connectivity index (χ2n) is 9.98. The van der Waals surface area contributed by atoms with Crippen molar-refractivity contribution >= 4 is 72.1 Å². The lowest BCUT2D eigenvalue weighted by molar-refractivity contribution is 0.669. The number of benzene rings is 5. The Balaban J connectivity index is 1.41. The molecule has 0 aliphatic rings. The zero-order chi connectivity index (χ0) is 24.5. The van der Waals surface area contributed by atoms with Crippen molar-refractivity contribution in [3.8, 4) is 11.1 Å². The van der Waals surface area contributed by atoms with E-state index in [4.69, 9.17) is 14.4 Å². The molecule has 0 aliphatic carbocycles. The molecule has 10 aromatic rings. The molecule has 5 heterocycles. The van der Waals surface area contributed by atoms with Gasteiger partial charge >= 0.3 is 0 Å². The highest BCUT2D eigenvalue weighted by Crippen LogP contribution is 2.39. The van der Waals surface area contributed by atoms with Gasteiger partial charge in [0.25, 0.3) is 0 Å². The summed E-state index contributed by atoms with van der Waals surface area (Å²) in [5.74, 6) is 1.76. The smallest absolute Gasteiger partial charge is 0.223 e. The summed E-state index contributed by atoms with van der Waals surface area (Å²) >= 11 is 0. The van der Waals surface area contributed by atoms with E-state index in [0.29, 0.717) is 0 Å². The largest absolute Gasteiger partial charge is 0.456 e. The quantitative estimate of drug-likeness (QED) is 0.238. The second-order valence-corrected chi connectivity index (χ2v) is 9.98. The molecule has 0 bridgehead atoms. The molecule has 6 nitrogen and oxygen atoms in total. The van der Waals surface area contributed by atoms with Crippen LogP contribution in [0.3, 0.4) is 0 Å². The molecule has 0 atom stereocenters. The van der Waals surface area contributed by atoms with Gasteiger partial charge in [0, 0.05) is 10.8 Å². The van der Waals surface area contributed by atoms with E-state index in [0.717, 1.165) is 83.2 Å². The van der Waals surface area contributed by atoms with Crippen molar-refractivity contribution in [3.05, 3.63) is 103 Å². The van der Waals surface area contributed by atoms with Crippen molar-refractivity contribution in [1.29, 1.82) is 0 Å². The summed E-state index contributed by atoms with van der Waals surface area (Å²) in [6.07, 6.45) is 0. The Morgan fingerprint density at radius 2 is 1.08 bits per heavy atom. The lowest BCUT2D eigenvalue weighted by Gasteiger charge is -2.05.